The van der Waals surface area contributed by atoms with Gasteiger partial charge in [0.25, 0.3) is 0 Å². The lowest BCUT2D eigenvalue weighted by Gasteiger charge is -2.08. The second kappa shape index (κ2) is 6.55. The van der Waals surface area contributed by atoms with Crippen molar-refractivity contribution >= 4 is 27.7 Å². The second-order valence-electron chi connectivity index (χ2n) is 4.43. The first-order valence-electron chi connectivity index (χ1n) is 5.98. The highest BCUT2D eigenvalue weighted by Gasteiger charge is 2.03. The minimum atomic E-state index is -0.214. The van der Waals surface area contributed by atoms with Gasteiger partial charge in [-0.3, -0.25) is 0 Å². The fraction of sp³-hybridized carbons (Fsp3) is 0.200. The average Bonchev–Trinajstić information content (AvgIpc) is 2.35. The molecular formula is C15H15BrFNS. The summed E-state index contributed by atoms with van der Waals surface area (Å²) in [6.07, 6.45) is 0. The summed E-state index contributed by atoms with van der Waals surface area (Å²) >= 11 is 4.98. The average molecular weight is 340 g/mol. The van der Waals surface area contributed by atoms with Crippen LogP contribution in [0.4, 0.5) is 4.39 Å². The van der Waals surface area contributed by atoms with Crippen molar-refractivity contribution in [2.24, 2.45) is 5.73 Å². The Bertz CT molecular complexity index is 552. The first-order chi connectivity index (χ1) is 9.04. The summed E-state index contributed by atoms with van der Waals surface area (Å²) in [5, 5.41) is 0. The van der Waals surface area contributed by atoms with Crippen LogP contribution in [-0.4, -0.2) is 0 Å². The van der Waals surface area contributed by atoms with Crippen LogP contribution in [0.3, 0.4) is 0 Å². The third-order valence-corrected chi connectivity index (χ3v) is 4.23. The van der Waals surface area contributed by atoms with E-state index in [9.17, 15) is 4.39 Å². The number of nitrogens with two attached hydrogens (primary N) is 1. The summed E-state index contributed by atoms with van der Waals surface area (Å²) in [6, 6.07) is 13.2. The second-order valence-corrected chi connectivity index (χ2v) is 6.39. The van der Waals surface area contributed by atoms with Gasteiger partial charge in [-0.15, -0.1) is 11.8 Å². The van der Waals surface area contributed by atoms with Crippen molar-refractivity contribution in [2.75, 3.05) is 0 Å². The number of halogens is 2. The molecule has 4 heteroatoms. The molecule has 0 aliphatic heterocycles. The number of hydrogen-bond donors (Lipinski definition) is 1. The Labute approximate surface area is 125 Å². The molecule has 0 amide bonds. The van der Waals surface area contributed by atoms with Crippen LogP contribution in [0, 0.1) is 5.82 Å². The fourth-order valence-electron chi connectivity index (χ4n) is 1.75. The zero-order valence-corrected chi connectivity index (χ0v) is 13.0. The quantitative estimate of drug-likeness (QED) is 0.801. The van der Waals surface area contributed by atoms with Crippen LogP contribution < -0.4 is 5.73 Å². The molecule has 0 bridgehead atoms. The molecule has 0 saturated carbocycles. The van der Waals surface area contributed by atoms with Gasteiger partial charge in [-0.25, -0.2) is 4.39 Å². The molecule has 19 heavy (non-hydrogen) atoms. The largest absolute Gasteiger partial charge is 0.324 e. The first kappa shape index (κ1) is 14.6. The van der Waals surface area contributed by atoms with Crippen LogP contribution in [-0.2, 0) is 5.75 Å². The van der Waals surface area contributed by atoms with Crippen molar-refractivity contribution < 1.29 is 4.39 Å². The Balaban J connectivity index is 2.07. The molecule has 1 nitrogen and oxygen atoms in total. The number of thioether (sulfide) groups is 1. The lowest BCUT2D eigenvalue weighted by atomic mass is 10.1. The molecule has 0 spiro atoms. The summed E-state index contributed by atoms with van der Waals surface area (Å²) in [4.78, 5) is 1.15. The highest BCUT2D eigenvalue weighted by molar-refractivity contribution is 9.10. The molecular weight excluding hydrogens is 325 g/mol. The zero-order valence-electron chi connectivity index (χ0n) is 10.6. The molecule has 2 aromatic carbocycles. The lowest BCUT2D eigenvalue weighted by molar-refractivity contribution is 0.625. The van der Waals surface area contributed by atoms with E-state index in [0.29, 0.717) is 0 Å². The molecule has 0 fully saturated rings. The van der Waals surface area contributed by atoms with Gasteiger partial charge in [0, 0.05) is 21.2 Å². The van der Waals surface area contributed by atoms with Crippen LogP contribution in [0.1, 0.15) is 24.1 Å². The van der Waals surface area contributed by atoms with E-state index in [-0.39, 0.29) is 11.9 Å². The van der Waals surface area contributed by atoms with Gasteiger partial charge in [0.1, 0.15) is 5.82 Å². The maximum Gasteiger partial charge on any atom is 0.124 e. The molecule has 0 aliphatic carbocycles. The van der Waals surface area contributed by atoms with Crippen LogP contribution in [0.25, 0.3) is 0 Å². The maximum absolute atomic E-state index is 13.3. The van der Waals surface area contributed by atoms with E-state index in [1.807, 2.05) is 31.2 Å². The van der Waals surface area contributed by atoms with Crippen molar-refractivity contribution in [2.45, 2.75) is 23.6 Å². The summed E-state index contributed by atoms with van der Waals surface area (Å²) in [7, 11) is 0. The Morgan fingerprint density at radius 1 is 1.26 bits per heavy atom. The molecule has 2 rings (SSSR count). The summed E-state index contributed by atoms with van der Waals surface area (Å²) in [5.41, 5.74) is 7.94. The van der Waals surface area contributed by atoms with Crippen LogP contribution >= 0.6 is 27.7 Å². The normalized spacial score (nSPS) is 12.4. The number of rotatable bonds is 4. The molecule has 100 valence electrons. The van der Waals surface area contributed by atoms with Gasteiger partial charge in [-0.2, -0.15) is 0 Å². The minimum absolute atomic E-state index is 0.0314. The standard InChI is InChI=1S/C15H15BrFNS/c1-10(18)12-3-2-4-15(7-12)19-9-11-5-13(16)8-14(17)6-11/h2-8,10H,9,18H2,1H3. The van der Waals surface area contributed by atoms with E-state index >= 15 is 0 Å². The van der Waals surface area contributed by atoms with Gasteiger partial charge in [0.2, 0.25) is 0 Å². The predicted octanol–water partition coefficient (Wildman–Crippen LogP) is 4.90. The van der Waals surface area contributed by atoms with Gasteiger partial charge in [0.15, 0.2) is 0 Å². The molecule has 1 atom stereocenters. The van der Waals surface area contributed by atoms with Crippen molar-refractivity contribution in [3.63, 3.8) is 0 Å². The topological polar surface area (TPSA) is 26.0 Å². The Kier molecular flexibility index (Phi) is 5.02. The predicted molar refractivity (Wildman–Crippen MR) is 82.7 cm³/mol. The zero-order chi connectivity index (χ0) is 13.8. The van der Waals surface area contributed by atoms with E-state index in [4.69, 9.17) is 5.73 Å². The lowest BCUT2D eigenvalue weighted by Crippen LogP contribution is -2.04. The van der Waals surface area contributed by atoms with Crippen molar-refractivity contribution in [1.82, 2.24) is 0 Å². The summed E-state index contributed by atoms with van der Waals surface area (Å²) in [6.45, 7) is 1.97. The Morgan fingerprint density at radius 2 is 2.05 bits per heavy atom. The van der Waals surface area contributed by atoms with Gasteiger partial charge in [0.05, 0.1) is 0 Å². The van der Waals surface area contributed by atoms with Crippen molar-refractivity contribution in [1.29, 1.82) is 0 Å². The van der Waals surface area contributed by atoms with Gasteiger partial charge < -0.3 is 5.73 Å². The van der Waals surface area contributed by atoms with Gasteiger partial charge >= 0.3 is 0 Å². The number of benzene rings is 2. The summed E-state index contributed by atoms with van der Waals surface area (Å²) in [5.74, 6) is 0.521. The van der Waals surface area contributed by atoms with E-state index < -0.39 is 0 Å². The molecule has 0 heterocycles. The SMILES string of the molecule is CC(N)c1cccc(SCc2cc(F)cc(Br)c2)c1. The molecule has 0 aliphatic rings. The van der Waals surface area contributed by atoms with Crippen molar-refractivity contribution in [3.8, 4) is 0 Å². The third kappa shape index (κ3) is 4.34. The van der Waals surface area contributed by atoms with Crippen molar-refractivity contribution in [3.05, 3.63) is 63.9 Å². The Hall–Kier alpha value is -0.840. The third-order valence-electron chi connectivity index (χ3n) is 2.71. The number of hydrogen-bond acceptors (Lipinski definition) is 2. The van der Waals surface area contributed by atoms with E-state index in [1.165, 1.54) is 6.07 Å². The van der Waals surface area contributed by atoms with E-state index in [0.717, 1.165) is 26.2 Å². The maximum atomic E-state index is 13.3. The van der Waals surface area contributed by atoms with Gasteiger partial charge in [-0.1, -0.05) is 28.1 Å². The summed E-state index contributed by atoms with van der Waals surface area (Å²) < 4.78 is 14.0. The smallest absolute Gasteiger partial charge is 0.124 e. The first-order valence-corrected chi connectivity index (χ1v) is 7.76. The highest BCUT2D eigenvalue weighted by atomic mass is 79.9. The molecule has 2 aromatic rings. The highest BCUT2D eigenvalue weighted by Crippen LogP contribution is 2.26. The Morgan fingerprint density at radius 3 is 2.74 bits per heavy atom. The molecule has 0 aromatic heterocycles. The molecule has 0 radical (unpaired) electrons. The van der Waals surface area contributed by atoms with Crippen LogP contribution in [0.2, 0.25) is 0 Å². The fourth-order valence-corrected chi connectivity index (χ4v) is 3.16. The van der Waals surface area contributed by atoms with E-state index in [2.05, 4.69) is 22.0 Å². The monoisotopic (exact) mass is 339 g/mol. The molecule has 0 saturated heterocycles. The van der Waals surface area contributed by atoms with E-state index in [1.54, 1.807) is 17.8 Å². The molecule has 1 unspecified atom stereocenters. The minimum Gasteiger partial charge on any atom is -0.324 e. The van der Waals surface area contributed by atoms with Crippen LogP contribution in [0.15, 0.2) is 51.8 Å². The van der Waals surface area contributed by atoms with Gasteiger partial charge in [-0.05, 0) is 48.4 Å². The molecule has 2 N–H and O–H groups in total. The van der Waals surface area contributed by atoms with Crippen LogP contribution in [0.5, 0.6) is 0 Å².